The molecule has 2 N–H and O–H groups in total. The number of nitrogens with one attached hydrogen (secondary N) is 2. The summed E-state index contributed by atoms with van der Waals surface area (Å²) in [5.41, 5.74) is 2.97. The number of anilines is 1. The van der Waals surface area contributed by atoms with Crippen molar-refractivity contribution in [1.82, 2.24) is 5.32 Å². The Balaban J connectivity index is 1.69. The molecule has 26 heavy (non-hydrogen) atoms. The lowest BCUT2D eigenvalue weighted by Crippen LogP contribution is -2.39. The second-order valence-corrected chi connectivity index (χ2v) is 8.00. The first-order chi connectivity index (χ1) is 12.6. The van der Waals surface area contributed by atoms with Crippen molar-refractivity contribution in [2.24, 2.45) is 0 Å². The topological polar surface area (TPSA) is 64.9 Å². The molecule has 0 spiro atoms. The van der Waals surface area contributed by atoms with E-state index in [0.29, 0.717) is 10.6 Å². The minimum absolute atomic E-state index is 0.0763. The third kappa shape index (κ3) is 4.14. The quantitative estimate of drug-likeness (QED) is 0.761. The summed E-state index contributed by atoms with van der Waals surface area (Å²) in [5, 5.41) is 16.6. The highest BCUT2D eigenvalue weighted by Gasteiger charge is 2.23. The largest absolute Gasteiger partial charge is 0.315 e. The molecule has 0 radical (unpaired) electrons. The number of carbonyl (C=O) groups is 1. The maximum absolute atomic E-state index is 12.7. The number of nitrogens with zero attached hydrogens (tertiary/aromatic N) is 1. The van der Waals surface area contributed by atoms with Gasteiger partial charge >= 0.3 is 0 Å². The van der Waals surface area contributed by atoms with Gasteiger partial charge in [0.25, 0.3) is 0 Å². The van der Waals surface area contributed by atoms with Crippen LogP contribution < -0.4 is 10.6 Å². The number of amides is 1. The molecule has 0 saturated carbocycles. The number of hydrogen-bond donors (Lipinski definition) is 2. The first kappa shape index (κ1) is 18.6. The lowest BCUT2D eigenvalue weighted by molar-refractivity contribution is -0.117. The number of fused-ring (bicyclic) bond motifs is 1. The lowest BCUT2D eigenvalue weighted by atomic mass is 10.1. The third-order valence-electron chi connectivity index (χ3n) is 4.96. The average Bonchev–Trinajstić information content (AvgIpc) is 2.81. The number of benzene rings is 1. The van der Waals surface area contributed by atoms with E-state index in [9.17, 15) is 10.1 Å². The van der Waals surface area contributed by atoms with Crippen LogP contribution in [-0.2, 0) is 17.6 Å². The van der Waals surface area contributed by atoms with E-state index in [2.05, 4.69) is 16.7 Å². The van der Waals surface area contributed by atoms with E-state index in [4.69, 9.17) is 0 Å². The highest BCUT2D eigenvalue weighted by Crippen LogP contribution is 2.37. The van der Waals surface area contributed by atoms with E-state index in [1.807, 2.05) is 44.2 Å². The molecule has 1 heterocycles. The van der Waals surface area contributed by atoms with Crippen LogP contribution in [-0.4, -0.2) is 11.9 Å². The van der Waals surface area contributed by atoms with Gasteiger partial charge in [-0.3, -0.25) is 10.1 Å². The molecule has 1 aliphatic carbocycles. The summed E-state index contributed by atoms with van der Waals surface area (Å²) in [6.07, 6.45) is 5.47. The van der Waals surface area contributed by atoms with Crippen LogP contribution >= 0.6 is 11.3 Å². The second-order valence-electron chi connectivity index (χ2n) is 6.89. The SMILES string of the molecule is C[C@H](N[C@@H](C)c1ccccc1)C(=O)Nc1sc2c(c1C#N)CCCCC2. The summed E-state index contributed by atoms with van der Waals surface area (Å²) in [4.78, 5) is 13.9. The van der Waals surface area contributed by atoms with Crippen LogP contribution in [0.4, 0.5) is 5.00 Å². The van der Waals surface area contributed by atoms with Crippen LogP contribution in [0.3, 0.4) is 0 Å². The van der Waals surface area contributed by atoms with Crippen LogP contribution in [0.15, 0.2) is 30.3 Å². The summed E-state index contributed by atoms with van der Waals surface area (Å²) in [5.74, 6) is -0.0966. The molecule has 1 aromatic heterocycles. The van der Waals surface area contributed by atoms with Crippen LogP contribution in [0.25, 0.3) is 0 Å². The van der Waals surface area contributed by atoms with Gasteiger partial charge in [0.05, 0.1) is 11.6 Å². The molecular weight excluding hydrogens is 342 g/mol. The average molecular weight is 368 g/mol. The number of hydrogen-bond acceptors (Lipinski definition) is 4. The number of thiophene rings is 1. The summed E-state index contributed by atoms with van der Waals surface area (Å²) in [7, 11) is 0. The number of carbonyl (C=O) groups excluding carboxylic acids is 1. The molecule has 136 valence electrons. The minimum atomic E-state index is -0.348. The Labute approximate surface area is 159 Å². The molecule has 0 unspecified atom stereocenters. The summed E-state index contributed by atoms with van der Waals surface area (Å²) < 4.78 is 0. The lowest BCUT2D eigenvalue weighted by Gasteiger charge is -2.19. The zero-order chi connectivity index (χ0) is 18.5. The van der Waals surface area contributed by atoms with E-state index < -0.39 is 0 Å². The highest BCUT2D eigenvalue weighted by molar-refractivity contribution is 7.16. The minimum Gasteiger partial charge on any atom is -0.315 e. The maximum atomic E-state index is 12.7. The van der Waals surface area contributed by atoms with Crippen LogP contribution in [0, 0.1) is 11.3 Å². The zero-order valence-corrected chi connectivity index (χ0v) is 16.2. The van der Waals surface area contributed by atoms with Crippen LogP contribution in [0.2, 0.25) is 0 Å². The van der Waals surface area contributed by atoms with E-state index >= 15 is 0 Å². The van der Waals surface area contributed by atoms with Gasteiger partial charge in [-0.25, -0.2) is 0 Å². The Bertz CT molecular complexity index is 807. The summed E-state index contributed by atoms with van der Waals surface area (Å²) >= 11 is 1.58. The first-order valence-electron chi connectivity index (χ1n) is 9.26. The van der Waals surface area contributed by atoms with Crippen LogP contribution in [0.1, 0.15) is 60.7 Å². The fraction of sp³-hybridized carbons (Fsp3) is 0.429. The number of rotatable bonds is 5. The Hall–Kier alpha value is -2.16. The summed E-state index contributed by atoms with van der Waals surface area (Å²) in [6.45, 7) is 3.91. The van der Waals surface area contributed by atoms with Crippen LogP contribution in [0.5, 0.6) is 0 Å². The molecule has 0 aliphatic heterocycles. The number of nitriles is 1. The molecule has 1 aliphatic rings. The maximum Gasteiger partial charge on any atom is 0.241 e. The van der Waals surface area contributed by atoms with Crippen molar-refractivity contribution < 1.29 is 4.79 Å². The Morgan fingerprint density at radius 1 is 1.15 bits per heavy atom. The van der Waals surface area contributed by atoms with Gasteiger partial charge in [-0.15, -0.1) is 11.3 Å². The molecule has 0 saturated heterocycles. The highest BCUT2D eigenvalue weighted by atomic mass is 32.1. The van der Waals surface area contributed by atoms with Crippen molar-refractivity contribution >= 4 is 22.2 Å². The van der Waals surface area contributed by atoms with E-state index in [0.717, 1.165) is 36.8 Å². The Morgan fingerprint density at radius 2 is 1.88 bits per heavy atom. The summed E-state index contributed by atoms with van der Waals surface area (Å²) in [6, 6.07) is 12.1. The number of aryl methyl sites for hydroxylation is 1. The van der Waals surface area contributed by atoms with Crippen molar-refractivity contribution in [2.75, 3.05) is 5.32 Å². The molecule has 1 amide bonds. The normalized spacial score (nSPS) is 16.0. The van der Waals surface area contributed by atoms with Crippen molar-refractivity contribution in [3.05, 3.63) is 51.9 Å². The van der Waals surface area contributed by atoms with Gasteiger partial charge in [0, 0.05) is 10.9 Å². The molecule has 0 fully saturated rings. The Kier molecular flexibility index (Phi) is 6.08. The van der Waals surface area contributed by atoms with E-state index in [1.165, 1.54) is 11.3 Å². The van der Waals surface area contributed by atoms with Gasteiger partial charge in [0.1, 0.15) is 11.1 Å². The van der Waals surface area contributed by atoms with E-state index in [-0.39, 0.29) is 18.0 Å². The van der Waals surface area contributed by atoms with Crippen molar-refractivity contribution in [3.63, 3.8) is 0 Å². The smallest absolute Gasteiger partial charge is 0.241 e. The monoisotopic (exact) mass is 367 g/mol. The first-order valence-corrected chi connectivity index (χ1v) is 10.1. The van der Waals surface area contributed by atoms with Gasteiger partial charge in [-0.1, -0.05) is 36.8 Å². The molecule has 2 aromatic rings. The van der Waals surface area contributed by atoms with E-state index in [1.54, 1.807) is 11.3 Å². The molecule has 5 heteroatoms. The molecule has 4 nitrogen and oxygen atoms in total. The predicted octanol–water partition coefficient (Wildman–Crippen LogP) is 4.57. The van der Waals surface area contributed by atoms with Gasteiger partial charge in [-0.05, 0) is 50.7 Å². The molecule has 2 atom stereocenters. The zero-order valence-electron chi connectivity index (χ0n) is 15.3. The third-order valence-corrected chi connectivity index (χ3v) is 6.17. The van der Waals surface area contributed by atoms with Gasteiger partial charge in [0.15, 0.2) is 0 Å². The van der Waals surface area contributed by atoms with Gasteiger partial charge < -0.3 is 5.32 Å². The van der Waals surface area contributed by atoms with Gasteiger partial charge in [-0.2, -0.15) is 5.26 Å². The van der Waals surface area contributed by atoms with Crippen molar-refractivity contribution in [2.45, 2.75) is 58.0 Å². The molecule has 3 rings (SSSR count). The molecule has 1 aromatic carbocycles. The molecular formula is C21H25N3OS. The van der Waals surface area contributed by atoms with Gasteiger partial charge in [0.2, 0.25) is 5.91 Å². The van der Waals surface area contributed by atoms with Crippen molar-refractivity contribution in [3.8, 4) is 6.07 Å². The fourth-order valence-electron chi connectivity index (χ4n) is 3.46. The fourth-order valence-corrected chi connectivity index (χ4v) is 4.70. The second kappa shape index (κ2) is 8.48. The van der Waals surface area contributed by atoms with Crippen molar-refractivity contribution in [1.29, 1.82) is 5.26 Å². The predicted molar refractivity (Wildman–Crippen MR) is 106 cm³/mol. The molecule has 0 bridgehead atoms. The standard InChI is InChI=1S/C21H25N3OS/c1-14(16-9-5-3-6-10-16)23-15(2)20(25)24-21-18(13-22)17-11-7-4-8-12-19(17)26-21/h3,5-6,9-10,14-15,23H,4,7-8,11-12H2,1-2H3,(H,24,25)/t14-,15-/m0/s1. The Morgan fingerprint density at radius 3 is 2.62 bits per heavy atom.